The average molecular weight is 306 g/mol. The largest absolute Gasteiger partial charge is 0.479 e. The summed E-state index contributed by atoms with van der Waals surface area (Å²) in [5.41, 5.74) is -1.86. The van der Waals surface area contributed by atoms with E-state index >= 15 is 0 Å². The van der Waals surface area contributed by atoms with E-state index in [9.17, 15) is 14.7 Å². The lowest BCUT2D eigenvalue weighted by molar-refractivity contribution is -0.152. The summed E-state index contributed by atoms with van der Waals surface area (Å²) in [6.45, 7) is 5.46. The van der Waals surface area contributed by atoms with Crippen LogP contribution in [0.15, 0.2) is 36.1 Å². The number of aliphatic hydroxyl groups is 1. The van der Waals surface area contributed by atoms with Crippen molar-refractivity contribution in [3.63, 3.8) is 0 Å². The number of rotatable bonds is 5. The average Bonchev–Trinajstić information content (AvgIpc) is 2.82. The number of hydrogen-bond donors (Lipinski definition) is 1. The SMILES string of the molecule is CC/C=C/C=C/[C@]1(C)OC(CC2(C)CC(O)C(=O)O2)=CC1=O. The highest BCUT2D eigenvalue weighted by Gasteiger charge is 2.46. The van der Waals surface area contributed by atoms with Crippen LogP contribution in [-0.4, -0.2) is 34.2 Å². The van der Waals surface area contributed by atoms with E-state index in [1.165, 1.54) is 6.08 Å². The lowest BCUT2D eigenvalue weighted by atomic mass is 9.96. The van der Waals surface area contributed by atoms with E-state index in [0.29, 0.717) is 5.76 Å². The highest BCUT2D eigenvalue weighted by molar-refractivity contribution is 6.00. The Hall–Kier alpha value is -1.88. The van der Waals surface area contributed by atoms with Gasteiger partial charge in [-0.15, -0.1) is 0 Å². The highest BCUT2D eigenvalue weighted by Crippen LogP contribution is 2.37. The molecule has 0 saturated carbocycles. The third-order valence-corrected chi connectivity index (χ3v) is 3.81. The number of esters is 1. The van der Waals surface area contributed by atoms with Gasteiger partial charge in [0.05, 0.1) is 0 Å². The maximum atomic E-state index is 12.1. The zero-order chi connectivity index (χ0) is 16.4. The molecule has 2 rings (SSSR count). The summed E-state index contributed by atoms with van der Waals surface area (Å²) < 4.78 is 10.9. The molecule has 2 unspecified atom stereocenters. The molecule has 5 nitrogen and oxygen atoms in total. The van der Waals surface area contributed by atoms with Gasteiger partial charge in [0, 0.05) is 18.9 Å². The fourth-order valence-corrected chi connectivity index (χ4v) is 2.62. The van der Waals surface area contributed by atoms with Gasteiger partial charge >= 0.3 is 5.97 Å². The van der Waals surface area contributed by atoms with Gasteiger partial charge in [-0.25, -0.2) is 4.79 Å². The predicted molar refractivity (Wildman–Crippen MR) is 80.9 cm³/mol. The van der Waals surface area contributed by atoms with Crippen LogP contribution in [0, 0.1) is 0 Å². The zero-order valence-corrected chi connectivity index (χ0v) is 13.2. The van der Waals surface area contributed by atoms with Gasteiger partial charge in [-0.1, -0.05) is 25.2 Å². The Morgan fingerprint density at radius 2 is 2.05 bits per heavy atom. The number of allylic oxidation sites excluding steroid dienone is 3. The molecular weight excluding hydrogens is 284 g/mol. The Morgan fingerprint density at radius 1 is 1.32 bits per heavy atom. The Balaban J connectivity index is 2.02. The van der Waals surface area contributed by atoms with Gasteiger partial charge in [-0.2, -0.15) is 0 Å². The first kappa shape index (κ1) is 16.5. The molecule has 120 valence electrons. The van der Waals surface area contributed by atoms with E-state index in [4.69, 9.17) is 9.47 Å². The monoisotopic (exact) mass is 306 g/mol. The van der Waals surface area contributed by atoms with Gasteiger partial charge in [0.25, 0.3) is 0 Å². The quantitative estimate of drug-likeness (QED) is 0.623. The summed E-state index contributed by atoms with van der Waals surface area (Å²) in [7, 11) is 0. The molecule has 22 heavy (non-hydrogen) atoms. The number of ether oxygens (including phenoxy) is 2. The Kier molecular flexibility index (Phi) is 4.56. The van der Waals surface area contributed by atoms with Crippen molar-refractivity contribution in [2.45, 2.75) is 57.3 Å². The highest BCUT2D eigenvalue weighted by atomic mass is 16.6. The van der Waals surface area contributed by atoms with E-state index in [1.54, 1.807) is 26.0 Å². The fourth-order valence-electron chi connectivity index (χ4n) is 2.62. The van der Waals surface area contributed by atoms with E-state index in [1.807, 2.05) is 19.1 Å². The zero-order valence-electron chi connectivity index (χ0n) is 13.2. The van der Waals surface area contributed by atoms with Gasteiger partial charge in [-0.3, -0.25) is 4.79 Å². The molecule has 1 saturated heterocycles. The summed E-state index contributed by atoms with van der Waals surface area (Å²) >= 11 is 0. The summed E-state index contributed by atoms with van der Waals surface area (Å²) in [6, 6.07) is 0. The number of carbonyl (C=O) groups excluding carboxylic acids is 2. The summed E-state index contributed by atoms with van der Waals surface area (Å²) in [5.74, 6) is -0.294. The Labute approximate surface area is 130 Å². The van der Waals surface area contributed by atoms with Crippen LogP contribution in [0.5, 0.6) is 0 Å². The van der Waals surface area contributed by atoms with E-state index in [2.05, 4.69) is 0 Å². The molecular formula is C17H22O5. The lowest BCUT2D eigenvalue weighted by Crippen LogP contribution is -2.31. The molecule has 0 amide bonds. The van der Waals surface area contributed by atoms with E-state index < -0.39 is 23.3 Å². The maximum Gasteiger partial charge on any atom is 0.335 e. The number of carbonyl (C=O) groups is 2. The first-order valence-electron chi connectivity index (χ1n) is 7.47. The molecule has 0 aromatic rings. The minimum absolute atomic E-state index is 0.142. The van der Waals surface area contributed by atoms with Crippen LogP contribution in [-0.2, 0) is 19.1 Å². The smallest absolute Gasteiger partial charge is 0.335 e. The van der Waals surface area contributed by atoms with Gasteiger partial charge in [0.2, 0.25) is 5.78 Å². The van der Waals surface area contributed by atoms with Crippen molar-refractivity contribution in [2.75, 3.05) is 0 Å². The molecule has 3 atom stereocenters. The second-order valence-corrected chi connectivity index (χ2v) is 6.15. The molecule has 2 aliphatic rings. The summed E-state index contributed by atoms with van der Waals surface area (Å²) in [4.78, 5) is 23.5. The molecule has 1 fully saturated rings. The number of hydrogen-bond acceptors (Lipinski definition) is 5. The number of ketones is 1. The molecule has 2 aliphatic heterocycles. The topological polar surface area (TPSA) is 72.8 Å². The predicted octanol–water partition coefficient (Wildman–Crippen LogP) is 2.21. The first-order valence-corrected chi connectivity index (χ1v) is 7.47. The van der Waals surface area contributed by atoms with E-state index in [-0.39, 0.29) is 18.6 Å². The van der Waals surface area contributed by atoms with Crippen LogP contribution in [0.3, 0.4) is 0 Å². The van der Waals surface area contributed by atoms with Crippen LogP contribution in [0.2, 0.25) is 0 Å². The van der Waals surface area contributed by atoms with Crippen molar-refractivity contribution in [2.24, 2.45) is 0 Å². The van der Waals surface area contributed by atoms with Crippen molar-refractivity contribution in [3.05, 3.63) is 36.1 Å². The number of aliphatic hydroxyl groups excluding tert-OH is 1. The molecule has 1 N–H and O–H groups in total. The second-order valence-electron chi connectivity index (χ2n) is 6.15. The molecule has 0 radical (unpaired) electrons. The van der Waals surface area contributed by atoms with Crippen molar-refractivity contribution >= 4 is 11.8 Å². The van der Waals surface area contributed by atoms with Crippen LogP contribution >= 0.6 is 0 Å². The third-order valence-electron chi connectivity index (χ3n) is 3.81. The van der Waals surface area contributed by atoms with Crippen molar-refractivity contribution in [3.8, 4) is 0 Å². The van der Waals surface area contributed by atoms with Crippen LogP contribution < -0.4 is 0 Å². The van der Waals surface area contributed by atoms with Gasteiger partial charge in [0.15, 0.2) is 11.7 Å². The molecule has 0 bridgehead atoms. The summed E-state index contributed by atoms with van der Waals surface area (Å²) in [6.07, 6.45) is 9.09. The summed E-state index contributed by atoms with van der Waals surface area (Å²) in [5, 5.41) is 9.51. The maximum absolute atomic E-state index is 12.1. The standard InChI is InChI=1S/C17H22O5/c1-4-5-6-7-8-17(3)14(19)9-12(21-17)10-16(2)11-13(18)15(20)22-16/h5-9,13,18H,4,10-11H2,1-3H3/b6-5+,8-7+/t13?,16?,17-/m0/s1. The normalized spacial score (nSPS) is 35.3. The molecule has 0 aromatic carbocycles. The lowest BCUT2D eigenvalue weighted by Gasteiger charge is -2.25. The van der Waals surface area contributed by atoms with Crippen molar-refractivity contribution < 1.29 is 24.2 Å². The van der Waals surface area contributed by atoms with E-state index in [0.717, 1.165) is 6.42 Å². The minimum atomic E-state index is -1.10. The Morgan fingerprint density at radius 3 is 2.64 bits per heavy atom. The molecule has 0 aliphatic carbocycles. The third kappa shape index (κ3) is 3.47. The minimum Gasteiger partial charge on any atom is -0.479 e. The molecule has 5 heteroatoms. The van der Waals surface area contributed by atoms with Crippen LogP contribution in [0.1, 0.15) is 40.0 Å². The van der Waals surface area contributed by atoms with Gasteiger partial charge in [0.1, 0.15) is 11.4 Å². The van der Waals surface area contributed by atoms with Crippen molar-refractivity contribution in [1.29, 1.82) is 0 Å². The van der Waals surface area contributed by atoms with Crippen LogP contribution in [0.4, 0.5) is 0 Å². The Bertz CT molecular complexity index is 559. The van der Waals surface area contributed by atoms with Crippen molar-refractivity contribution in [1.82, 2.24) is 0 Å². The molecule has 0 spiro atoms. The fraction of sp³-hybridized carbons (Fsp3) is 0.529. The van der Waals surface area contributed by atoms with Crippen LogP contribution in [0.25, 0.3) is 0 Å². The van der Waals surface area contributed by atoms with Gasteiger partial charge in [-0.05, 0) is 26.3 Å². The second kappa shape index (κ2) is 6.08. The molecule has 0 aromatic heterocycles. The first-order chi connectivity index (χ1) is 10.3. The molecule has 2 heterocycles. The van der Waals surface area contributed by atoms with Gasteiger partial charge < -0.3 is 14.6 Å². The number of cyclic esters (lactones) is 1.